The minimum absolute atomic E-state index is 0.00474. The van der Waals surface area contributed by atoms with Crippen LogP contribution in [0.2, 0.25) is 0 Å². The first-order chi connectivity index (χ1) is 49.5. The Hall–Kier alpha value is -8.28. The van der Waals surface area contributed by atoms with Gasteiger partial charge in [0.15, 0.2) is 0 Å². The number of hydrogen-bond donors (Lipinski definition) is 0. The van der Waals surface area contributed by atoms with Gasteiger partial charge in [0.25, 0.3) is 6.71 Å². The van der Waals surface area contributed by atoms with E-state index in [4.69, 9.17) is 11.0 Å². The lowest BCUT2D eigenvalue weighted by molar-refractivity contribution is 0.590. The van der Waals surface area contributed by atoms with Crippen molar-refractivity contribution >= 4 is 112 Å². The first kappa shape index (κ1) is 22.7. The molecule has 3 aliphatic rings. The van der Waals surface area contributed by atoms with Crippen molar-refractivity contribution in [1.29, 1.82) is 0 Å². The average Bonchev–Trinajstić information content (AvgIpc) is 1.65. The number of para-hydroxylation sites is 3. The van der Waals surface area contributed by atoms with E-state index in [1.165, 1.54) is 4.90 Å². The van der Waals surface area contributed by atoms with Crippen LogP contribution in [0.15, 0.2) is 193 Å². The molecule has 5 heteroatoms. The molecule has 4 nitrogen and oxygen atoms in total. The Balaban J connectivity index is 1.23. The summed E-state index contributed by atoms with van der Waals surface area (Å²) in [6.07, 6.45) is 0. The van der Waals surface area contributed by atoms with E-state index in [0.29, 0.717) is 0 Å². The minimum Gasteiger partial charge on any atom is -0.311 e. The highest BCUT2D eigenvalue weighted by Crippen LogP contribution is 2.53. The van der Waals surface area contributed by atoms with Crippen molar-refractivity contribution in [3.05, 3.63) is 210 Å². The van der Waals surface area contributed by atoms with Gasteiger partial charge in [-0.3, -0.25) is 0 Å². The molecule has 362 valence electrons. The summed E-state index contributed by atoms with van der Waals surface area (Å²) in [5.41, 5.74) is -13.7. The van der Waals surface area contributed by atoms with Gasteiger partial charge >= 0.3 is 0 Å². The molecule has 0 saturated carbocycles. The zero-order chi connectivity index (χ0) is 78.9. The van der Waals surface area contributed by atoms with Crippen molar-refractivity contribution in [2.24, 2.45) is 0 Å². The van der Waals surface area contributed by atoms with Crippen LogP contribution >= 0.6 is 0 Å². The quantitative estimate of drug-likeness (QED) is 0.164. The largest absolute Gasteiger partial charge is 0.311 e. The summed E-state index contributed by atoms with van der Waals surface area (Å²) in [6.45, 7) is 12.8. The highest BCUT2D eigenvalue weighted by atomic mass is 15.2. The summed E-state index contributed by atoms with van der Waals surface area (Å²) in [4.78, 5) is 2.02. The van der Waals surface area contributed by atoms with Gasteiger partial charge in [0.1, 0.15) is 0 Å². The highest BCUT2D eigenvalue weighted by Gasteiger charge is 2.47. The van der Waals surface area contributed by atoms with Crippen LogP contribution in [0, 0.1) is 0 Å². The Morgan fingerprint density at radius 1 is 0.373 bits per heavy atom. The van der Waals surface area contributed by atoms with Gasteiger partial charge in [-0.05, 0) is 150 Å². The lowest BCUT2D eigenvalue weighted by Crippen LogP contribution is -2.62. The maximum absolute atomic E-state index is 11.2. The van der Waals surface area contributed by atoms with Gasteiger partial charge in [0.05, 0.1) is 83.0 Å². The molecular weight excluding hydrogens is 908 g/mol. The van der Waals surface area contributed by atoms with Gasteiger partial charge in [0.2, 0.25) is 0 Å². The van der Waals surface area contributed by atoms with Crippen LogP contribution in [-0.4, -0.2) is 15.8 Å². The molecule has 10 aromatic carbocycles. The normalized spacial score (nSPS) is 19.8. The van der Waals surface area contributed by atoms with Crippen LogP contribution in [0.3, 0.4) is 0 Å². The Kier molecular flexibility index (Phi) is 4.59. The molecule has 15 rings (SSSR count). The van der Waals surface area contributed by atoms with Crippen molar-refractivity contribution in [1.82, 2.24) is 9.13 Å². The SMILES string of the molecule is [2H]c1c([2H])c2c3c(c1[2H])-n1c4c([2H])c([2H])c([2H])c([2H])c4c4c([2H])c([2H])c([2H])c(c41)N3c1c([2H])c(C(C)(C)C)c([2H])c3c1B2c1c([2H])c([2H])c(-n2c4c([2H])c([2H])c(C(C)(C)C)c([2H])c4c4c([2H])c(C(C)(C)C)c([2H])c([2H])c42)c([2H])c1N3c1c([2H])c([2H])c(-c2c([2H])c([2H])c([2H])c3c([2H])c([2H])c([2H])c([2H])c23)c([2H])c1[2H]. The molecule has 12 aromatic rings. The second-order valence-corrected chi connectivity index (χ2v) is 22.1. The lowest BCUT2D eigenvalue weighted by Gasteiger charge is -2.47. The van der Waals surface area contributed by atoms with E-state index >= 15 is 0 Å². The van der Waals surface area contributed by atoms with E-state index in [9.17, 15) is 32.9 Å². The van der Waals surface area contributed by atoms with Crippen LogP contribution in [-0.2, 0) is 16.2 Å². The summed E-state index contributed by atoms with van der Waals surface area (Å²) in [7, 11) is 0. The molecular formula is C70H59BN4. The fourth-order valence-corrected chi connectivity index (χ4v) is 10.6. The van der Waals surface area contributed by atoms with Gasteiger partial charge in [-0.2, -0.15) is 0 Å². The van der Waals surface area contributed by atoms with E-state index in [-0.39, 0.29) is 43.8 Å². The zero-order valence-corrected chi connectivity index (χ0v) is 41.9. The fraction of sp³-hybridized carbons (Fsp3) is 0.171. The fourth-order valence-electron chi connectivity index (χ4n) is 10.6. The third-order valence-corrected chi connectivity index (χ3v) is 14.2. The van der Waals surface area contributed by atoms with Crippen molar-refractivity contribution in [2.75, 3.05) is 9.80 Å². The van der Waals surface area contributed by atoms with Gasteiger partial charge < -0.3 is 18.9 Å². The first-order valence-corrected chi connectivity index (χ1v) is 24.3. The predicted octanol–water partition coefficient (Wildman–Crippen LogP) is 17.0. The molecule has 0 amide bonds. The summed E-state index contributed by atoms with van der Waals surface area (Å²) in [5, 5.41) is -2.50. The van der Waals surface area contributed by atoms with Crippen molar-refractivity contribution < 1.29 is 43.9 Å². The first-order valence-electron chi connectivity index (χ1n) is 40.3. The number of rotatable bonds is 3. The molecule has 0 unspecified atom stereocenters. The number of aromatic nitrogens is 2. The van der Waals surface area contributed by atoms with Gasteiger partial charge in [-0.1, -0.05) is 177 Å². The molecule has 75 heavy (non-hydrogen) atoms. The molecule has 0 bridgehead atoms. The monoisotopic (exact) mass is 999 g/mol. The molecule has 0 fully saturated rings. The predicted molar refractivity (Wildman–Crippen MR) is 322 cm³/mol. The maximum Gasteiger partial charge on any atom is 0.252 e. The number of nitrogens with zero attached hydrogens (tertiary/aromatic N) is 4. The highest BCUT2D eigenvalue weighted by molar-refractivity contribution is 7.00. The molecule has 0 radical (unpaired) electrons. The molecule has 5 heterocycles. The molecule has 0 saturated heterocycles. The van der Waals surface area contributed by atoms with E-state index < -0.39 is 317 Å². The number of anilines is 6. The van der Waals surface area contributed by atoms with E-state index in [1.54, 1.807) is 62.3 Å². The summed E-state index contributed by atoms with van der Waals surface area (Å²) in [5.74, 6) is 0. The molecule has 0 aliphatic carbocycles. The smallest absolute Gasteiger partial charge is 0.252 e. The second kappa shape index (κ2) is 15.2. The van der Waals surface area contributed by atoms with Gasteiger partial charge in [-0.25, -0.2) is 0 Å². The van der Waals surface area contributed by atoms with Gasteiger partial charge in [0, 0.05) is 50.0 Å². The van der Waals surface area contributed by atoms with Crippen LogP contribution < -0.4 is 26.2 Å². The molecule has 0 atom stereocenters. The van der Waals surface area contributed by atoms with Crippen LogP contribution in [0.5, 0.6) is 0 Å². The third kappa shape index (κ3) is 6.25. The third-order valence-electron chi connectivity index (χ3n) is 14.2. The number of benzene rings is 10. The summed E-state index contributed by atoms with van der Waals surface area (Å²) < 4.78 is 316. The van der Waals surface area contributed by atoms with Crippen LogP contribution in [0.25, 0.3) is 76.9 Å². The minimum atomic E-state index is -2.04. The number of hydrogen-bond acceptors (Lipinski definition) is 2. The van der Waals surface area contributed by atoms with Crippen molar-refractivity contribution in [3.8, 4) is 22.5 Å². The standard InChI is InChI=1S/C70H59BN4/c1-68(2,3)44-29-35-58-53(37-44)54-38-45(69(4,5)6)30-36-59(54)73(58)48-33-34-55-62(41-48)72(47-31-27-43(28-32-47)50-21-14-18-42-17-10-11-19-49(42)50)63-39-46(70(7,8)9)40-64-65(63)71(55)56-23-16-26-61-67(56)75(64)60-25-15-22-52-51-20-12-13-24-57(51)74(61)66(52)60/h10-41H,1-9H3/i10D,11D,12D,13D,14D,15D,16D,17D,18D,19D,20D,21D,22D,23D,24D,25D,26D,27D,28D,29D,30D,31D,32D,33D,34D,35D,36D,37D,38D,39D,40D,41D. The summed E-state index contributed by atoms with van der Waals surface area (Å²) in [6, 6.07) is -26.6. The molecule has 0 spiro atoms. The Bertz CT molecular complexity index is 6250. The number of fused-ring (bicyclic) bond motifs is 13. The van der Waals surface area contributed by atoms with Crippen LogP contribution in [0.1, 0.15) is 123 Å². The summed E-state index contributed by atoms with van der Waals surface area (Å²) >= 11 is 0. The van der Waals surface area contributed by atoms with E-state index in [1.807, 2.05) is 0 Å². The Labute approximate surface area is 485 Å². The second-order valence-electron chi connectivity index (χ2n) is 22.1. The van der Waals surface area contributed by atoms with E-state index in [2.05, 4.69) is 0 Å². The molecule has 2 aromatic heterocycles. The lowest BCUT2D eigenvalue weighted by atomic mass is 9.33. The van der Waals surface area contributed by atoms with Crippen LogP contribution in [0.4, 0.5) is 34.1 Å². The topological polar surface area (TPSA) is 16.3 Å². The molecule has 3 aliphatic heterocycles. The molecule has 0 N–H and O–H groups in total. The van der Waals surface area contributed by atoms with Crippen molar-refractivity contribution in [2.45, 2.75) is 78.6 Å². The van der Waals surface area contributed by atoms with E-state index in [0.717, 1.165) is 14.0 Å². The zero-order valence-electron chi connectivity index (χ0n) is 73.9. The Morgan fingerprint density at radius 2 is 0.947 bits per heavy atom. The van der Waals surface area contributed by atoms with Gasteiger partial charge in [-0.15, -0.1) is 0 Å². The Morgan fingerprint density at radius 3 is 1.65 bits per heavy atom. The van der Waals surface area contributed by atoms with Crippen molar-refractivity contribution in [3.63, 3.8) is 0 Å². The maximum atomic E-state index is 11.2. The average molecular weight is 999 g/mol.